The molecule has 0 aliphatic rings. The van der Waals surface area contributed by atoms with Gasteiger partial charge in [-0.2, -0.15) is 0 Å². The topological polar surface area (TPSA) is 136 Å². The van der Waals surface area contributed by atoms with Gasteiger partial charge in [-0.25, -0.2) is 9.97 Å². The van der Waals surface area contributed by atoms with Crippen molar-refractivity contribution in [2.75, 3.05) is 11.5 Å². The third-order valence-corrected chi connectivity index (χ3v) is 2.40. The predicted molar refractivity (Wildman–Crippen MR) is 72.2 cm³/mol. The zero-order chi connectivity index (χ0) is 14.5. The molecule has 2 aromatic heterocycles. The second-order valence-corrected chi connectivity index (χ2v) is 3.79. The lowest BCUT2D eigenvalue weighted by Crippen LogP contribution is -2.42. The summed E-state index contributed by atoms with van der Waals surface area (Å²) < 4.78 is 0. The van der Waals surface area contributed by atoms with E-state index in [0.717, 1.165) is 0 Å². The minimum absolute atomic E-state index is 0.0155. The Balaban J connectivity index is 2.03. The van der Waals surface area contributed by atoms with Crippen LogP contribution in [0, 0.1) is 0 Å². The van der Waals surface area contributed by atoms with Crippen LogP contribution >= 0.6 is 0 Å². The molecule has 8 nitrogen and oxygen atoms in total. The second kappa shape index (κ2) is 5.65. The number of amides is 2. The predicted octanol–water partition coefficient (Wildman–Crippen LogP) is -0.284. The SMILES string of the molecule is Nc1cccnc1C(=O)NNC(=O)c1ncccc1N. The molecule has 0 unspecified atom stereocenters. The zero-order valence-electron chi connectivity index (χ0n) is 10.3. The van der Waals surface area contributed by atoms with Crippen LogP contribution in [0.1, 0.15) is 21.0 Å². The highest BCUT2D eigenvalue weighted by atomic mass is 16.2. The zero-order valence-corrected chi connectivity index (χ0v) is 10.3. The number of carbonyl (C=O) groups excluding carboxylic acids is 2. The summed E-state index contributed by atoms with van der Waals surface area (Å²) >= 11 is 0. The van der Waals surface area contributed by atoms with Crippen LogP contribution in [-0.2, 0) is 0 Å². The van der Waals surface area contributed by atoms with E-state index in [0.29, 0.717) is 0 Å². The first-order valence-electron chi connectivity index (χ1n) is 5.61. The average Bonchev–Trinajstić information content (AvgIpc) is 2.45. The summed E-state index contributed by atoms with van der Waals surface area (Å²) in [5.74, 6) is -1.27. The molecule has 2 heterocycles. The van der Waals surface area contributed by atoms with Gasteiger partial charge in [0.05, 0.1) is 11.4 Å². The highest BCUT2D eigenvalue weighted by Gasteiger charge is 2.14. The molecule has 2 rings (SSSR count). The minimum atomic E-state index is -0.633. The number of hydrazine groups is 1. The fraction of sp³-hybridized carbons (Fsp3) is 0. The standard InChI is InChI=1S/C12H12N6O2/c13-7-3-1-5-15-9(7)11(19)17-18-12(20)10-8(14)4-2-6-16-10/h1-6H,13-14H2,(H,17,19)(H,18,20). The first-order valence-corrected chi connectivity index (χ1v) is 5.61. The van der Waals surface area contributed by atoms with Crippen molar-refractivity contribution in [3.8, 4) is 0 Å². The Morgan fingerprint density at radius 1 is 0.850 bits per heavy atom. The molecule has 102 valence electrons. The number of anilines is 2. The summed E-state index contributed by atoms with van der Waals surface area (Å²) in [6.07, 6.45) is 2.84. The van der Waals surface area contributed by atoms with Crippen molar-refractivity contribution < 1.29 is 9.59 Å². The highest BCUT2D eigenvalue weighted by molar-refractivity contribution is 6.01. The smallest absolute Gasteiger partial charge is 0.290 e. The maximum Gasteiger partial charge on any atom is 0.290 e. The van der Waals surface area contributed by atoms with Crippen LogP contribution in [0.2, 0.25) is 0 Å². The van der Waals surface area contributed by atoms with E-state index in [1.807, 2.05) is 0 Å². The molecule has 0 spiro atoms. The van der Waals surface area contributed by atoms with Gasteiger partial charge in [0.1, 0.15) is 0 Å². The minimum Gasteiger partial charge on any atom is -0.397 e. The molecule has 20 heavy (non-hydrogen) atoms. The lowest BCUT2D eigenvalue weighted by molar-refractivity contribution is 0.0842. The van der Waals surface area contributed by atoms with Crippen molar-refractivity contribution in [3.63, 3.8) is 0 Å². The summed E-state index contributed by atoms with van der Waals surface area (Å²) in [4.78, 5) is 31.2. The molecule has 2 aromatic rings. The molecule has 0 aliphatic carbocycles. The summed E-state index contributed by atoms with van der Waals surface area (Å²) in [6, 6.07) is 6.25. The Labute approximate surface area is 114 Å². The van der Waals surface area contributed by atoms with Crippen molar-refractivity contribution in [3.05, 3.63) is 48.0 Å². The van der Waals surface area contributed by atoms with E-state index >= 15 is 0 Å². The summed E-state index contributed by atoms with van der Waals surface area (Å²) in [5.41, 5.74) is 16.0. The quantitative estimate of drug-likeness (QED) is 0.555. The lowest BCUT2D eigenvalue weighted by Gasteiger charge is -2.08. The Kier molecular flexibility index (Phi) is 3.75. The summed E-state index contributed by atoms with van der Waals surface area (Å²) in [5, 5.41) is 0. The third-order valence-electron chi connectivity index (χ3n) is 2.40. The molecule has 0 radical (unpaired) electrons. The van der Waals surface area contributed by atoms with Crippen molar-refractivity contribution in [1.82, 2.24) is 20.8 Å². The highest BCUT2D eigenvalue weighted by Crippen LogP contribution is 2.07. The number of hydrogen-bond donors (Lipinski definition) is 4. The molecule has 0 saturated heterocycles. The summed E-state index contributed by atoms with van der Waals surface area (Å²) in [6.45, 7) is 0. The fourth-order valence-corrected chi connectivity index (χ4v) is 1.45. The van der Waals surface area contributed by atoms with Gasteiger partial charge in [-0.3, -0.25) is 20.4 Å². The van der Waals surface area contributed by atoms with Gasteiger partial charge < -0.3 is 11.5 Å². The number of rotatable bonds is 2. The lowest BCUT2D eigenvalue weighted by atomic mass is 10.3. The van der Waals surface area contributed by atoms with Gasteiger partial charge in [-0.15, -0.1) is 0 Å². The number of hydrogen-bond acceptors (Lipinski definition) is 6. The van der Waals surface area contributed by atoms with Crippen molar-refractivity contribution in [1.29, 1.82) is 0 Å². The second-order valence-electron chi connectivity index (χ2n) is 3.79. The Morgan fingerprint density at radius 2 is 1.25 bits per heavy atom. The molecule has 0 fully saturated rings. The molecular formula is C12H12N6O2. The fourth-order valence-electron chi connectivity index (χ4n) is 1.45. The van der Waals surface area contributed by atoms with Gasteiger partial charge in [0.15, 0.2) is 11.4 Å². The van der Waals surface area contributed by atoms with E-state index in [2.05, 4.69) is 20.8 Å². The molecule has 0 bridgehead atoms. The molecule has 0 atom stereocenters. The Morgan fingerprint density at radius 3 is 1.60 bits per heavy atom. The Hall–Kier alpha value is -3.16. The van der Waals surface area contributed by atoms with Gasteiger partial charge in [-0.1, -0.05) is 0 Å². The first kappa shape index (κ1) is 13.3. The van der Waals surface area contributed by atoms with Crippen LogP contribution in [0.4, 0.5) is 11.4 Å². The molecule has 0 aromatic carbocycles. The summed E-state index contributed by atoms with van der Waals surface area (Å²) in [7, 11) is 0. The molecule has 2 amide bonds. The number of pyridine rings is 2. The van der Waals surface area contributed by atoms with Crippen LogP contribution in [0.25, 0.3) is 0 Å². The van der Waals surface area contributed by atoms with Gasteiger partial charge >= 0.3 is 0 Å². The van der Waals surface area contributed by atoms with E-state index in [1.54, 1.807) is 12.1 Å². The van der Waals surface area contributed by atoms with E-state index in [4.69, 9.17) is 11.5 Å². The largest absolute Gasteiger partial charge is 0.397 e. The Bertz CT molecular complexity index is 600. The van der Waals surface area contributed by atoms with E-state index in [-0.39, 0.29) is 22.8 Å². The molecule has 0 saturated carbocycles. The van der Waals surface area contributed by atoms with E-state index in [9.17, 15) is 9.59 Å². The number of nitrogens with two attached hydrogens (primary N) is 2. The van der Waals surface area contributed by atoms with Crippen molar-refractivity contribution in [2.24, 2.45) is 0 Å². The number of carbonyl (C=O) groups is 2. The van der Waals surface area contributed by atoms with Gasteiger partial charge in [0.2, 0.25) is 0 Å². The van der Waals surface area contributed by atoms with E-state index < -0.39 is 11.8 Å². The average molecular weight is 272 g/mol. The number of aromatic nitrogens is 2. The number of nitrogens with one attached hydrogen (secondary N) is 2. The maximum absolute atomic E-state index is 11.8. The number of nitrogen functional groups attached to an aromatic ring is 2. The monoisotopic (exact) mass is 272 g/mol. The van der Waals surface area contributed by atoms with Gasteiger partial charge in [-0.05, 0) is 24.3 Å². The van der Waals surface area contributed by atoms with Crippen LogP contribution in [0.3, 0.4) is 0 Å². The van der Waals surface area contributed by atoms with Crippen LogP contribution in [-0.4, -0.2) is 21.8 Å². The molecular weight excluding hydrogens is 260 g/mol. The maximum atomic E-state index is 11.8. The first-order chi connectivity index (χ1) is 9.59. The van der Waals surface area contributed by atoms with Crippen molar-refractivity contribution in [2.45, 2.75) is 0 Å². The molecule has 8 heteroatoms. The third kappa shape index (κ3) is 2.80. The van der Waals surface area contributed by atoms with E-state index in [1.165, 1.54) is 24.5 Å². The van der Waals surface area contributed by atoms with Crippen LogP contribution in [0.5, 0.6) is 0 Å². The number of nitrogens with zero attached hydrogens (tertiary/aromatic N) is 2. The van der Waals surface area contributed by atoms with Gasteiger partial charge in [0, 0.05) is 12.4 Å². The van der Waals surface area contributed by atoms with Crippen LogP contribution < -0.4 is 22.3 Å². The van der Waals surface area contributed by atoms with Gasteiger partial charge in [0.25, 0.3) is 11.8 Å². The molecule has 6 N–H and O–H groups in total. The molecule has 0 aliphatic heterocycles. The van der Waals surface area contributed by atoms with Crippen LogP contribution in [0.15, 0.2) is 36.7 Å². The normalized spacial score (nSPS) is 9.80. The van der Waals surface area contributed by atoms with Crippen molar-refractivity contribution >= 4 is 23.2 Å².